The SMILES string of the molecule is CCn1c2ccccc2c2cc(NC(=O)COC(=O)C3CCN(S(=O)(=O)c4cccs4)CC3)ccc21. The van der Waals surface area contributed by atoms with E-state index in [1.807, 2.05) is 30.3 Å². The van der Waals surface area contributed by atoms with Crippen molar-refractivity contribution in [1.82, 2.24) is 8.87 Å². The number of para-hydroxylation sites is 1. The van der Waals surface area contributed by atoms with E-state index in [4.69, 9.17) is 4.74 Å². The molecule has 0 saturated carbocycles. The number of rotatable bonds is 7. The second-order valence-electron chi connectivity index (χ2n) is 8.76. The van der Waals surface area contributed by atoms with Crippen molar-refractivity contribution in [3.8, 4) is 0 Å². The lowest BCUT2D eigenvalue weighted by Crippen LogP contribution is -2.40. The Labute approximate surface area is 213 Å². The number of amides is 1. The highest BCUT2D eigenvalue weighted by atomic mass is 32.2. The average molecular weight is 526 g/mol. The summed E-state index contributed by atoms with van der Waals surface area (Å²) in [5, 5.41) is 6.70. The molecule has 8 nitrogen and oxygen atoms in total. The number of hydrogen-bond acceptors (Lipinski definition) is 6. The van der Waals surface area contributed by atoms with Gasteiger partial charge >= 0.3 is 5.97 Å². The number of hydrogen-bond donors (Lipinski definition) is 1. The van der Waals surface area contributed by atoms with Crippen molar-refractivity contribution in [2.45, 2.75) is 30.5 Å². The first-order valence-electron chi connectivity index (χ1n) is 11.9. The van der Waals surface area contributed by atoms with Crippen molar-refractivity contribution in [3.05, 3.63) is 60.0 Å². The fourth-order valence-electron chi connectivity index (χ4n) is 4.79. The molecule has 0 unspecified atom stereocenters. The fourth-order valence-corrected chi connectivity index (χ4v) is 7.41. The van der Waals surface area contributed by atoms with Crippen LogP contribution in [0.5, 0.6) is 0 Å². The summed E-state index contributed by atoms with van der Waals surface area (Å²) in [6.45, 7) is 3.05. The van der Waals surface area contributed by atoms with Gasteiger partial charge in [0.1, 0.15) is 4.21 Å². The molecule has 1 aliphatic rings. The van der Waals surface area contributed by atoms with E-state index in [2.05, 4.69) is 28.9 Å². The standard InChI is InChI=1S/C26H27N3O5S2/c1-2-29-22-7-4-3-6-20(22)21-16-19(9-10-23(21)29)27-24(30)17-34-26(31)18-11-13-28(14-12-18)36(32,33)25-8-5-15-35-25/h3-10,15-16,18H,2,11-14,17H2,1H3,(H,27,30). The van der Waals surface area contributed by atoms with Crippen LogP contribution in [-0.4, -0.2) is 48.9 Å². The van der Waals surface area contributed by atoms with Gasteiger partial charge in [0, 0.05) is 47.1 Å². The predicted molar refractivity (Wildman–Crippen MR) is 141 cm³/mol. The topological polar surface area (TPSA) is 97.7 Å². The molecule has 1 saturated heterocycles. The zero-order valence-corrected chi connectivity index (χ0v) is 21.5. The Morgan fingerprint density at radius 3 is 2.50 bits per heavy atom. The highest BCUT2D eigenvalue weighted by Gasteiger charge is 2.33. The van der Waals surface area contributed by atoms with Gasteiger partial charge in [-0.3, -0.25) is 9.59 Å². The van der Waals surface area contributed by atoms with Crippen LogP contribution in [0.4, 0.5) is 5.69 Å². The van der Waals surface area contributed by atoms with E-state index in [-0.39, 0.29) is 19.7 Å². The normalized spacial score (nSPS) is 15.4. The summed E-state index contributed by atoms with van der Waals surface area (Å²) in [7, 11) is -3.52. The van der Waals surface area contributed by atoms with Crippen LogP contribution in [0, 0.1) is 5.92 Å². The number of fused-ring (bicyclic) bond motifs is 3. The fraction of sp³-hybridized carbons (Fsp3) is 0.308. The molecule has 188 valence electrons. The van der Waals surface area contributed by atoms with Crippen molar-refractivity contribution < 1.29 is 22.7 Å². The number of carbonyl (C=O) groups excluding carboxylic acids is 2. The van der Waals surface area contributed by atoms with Gasteiger partial charge in [-0.15, -0.1) is 11.3 Å². The monoisotopic (exact) mass is 525 g/mol. The first-order valence-corrected chi connectivity index (χ1v) is 14.2. The van der Waals surface area contributed by atoms with Crippen LogP contribution in [0.25, 0.3) is 21.8 Å². The number of anilines is 1. The number of piperidine rings is 1. The van der Waals surface area contributed by atoms with Gasteiger partial charge in [-0.05, 0) is 55.5 Å². The minimum absolute atomic E-state index is 0.248. The summed E-state index contributed by atoms with van der Waals surface area (Å²) < 4.78 is 34.5. The number of ether oxygens (including phenoxy) is 1. The third kappa shape index (κ3) is 4.63. The number of nitrogens with one attached hydrogen (secondary N) is 1. The van der Waals surface area contributed by atoms with Crippen molar-refractivity contribution in [2.75, 3.05) is 25.0 Å². The molecule has 0 aliphatic carbocycles. The van der Waals surface area contributed by atoms with E-state index >= 15 is 0 Å². The van der Waals surface area contributed by atoms with Crippen molar-refractivity contribution in [3.63, 3.8) is 0 Å². The summed E-state index contributed by atoms with van der Waals surface area (Å²) >= 11 is 1.18. The van der Waals surface area contributed by atoms with Gasteiger partial charge in [-0.2, -0.15) is 4.31 Å². The van der Waals surface area contributed by atoms with Gasteiger partial charge in [0.05, 0.1) is 5.92 Å². The van der Waals surface area contributed by atoms with Crippen LogP contribution in [0.1, 0.15) is 19.8 Å². The molecule has 10 heteroatoms. The first-order chi connectivity index (χ1) is 17.4. The number of benzene rings is 2. The number of aromatic nitrogens is 1. The predicted octanol–water partition coefficient (Wildman–Crippen LogP) is 4.46. The Morgan fingerprint density at radius 2 is 1.78 bits per heavy atom. The van der Waals surface area contributed by atoms with Crippen LogP contribution in [0.15, 0.2) is 64.2 Å². The van der Waals surface area contributed by atoms with Crippen LogP contribution >= 0.6 is 11.3 Å². The van der Waals surface area contributed by atoms with Gasteiger partial charge in [-0.25, -0.2) is 8.42 Å². The average Bonchev–Trinajstić information content (AvgIpc) is 3.54. The molecule has 0 atom stereocenters. The summed E-state index contributed by atoms with van der Waals surface area (Å²) in [5.41, 5.74) is 2.87. The molecule has 1 N–H and O–H groups in total. The van der Waals surface area contributed by atoms with Gasteiger partial charge in [-0.1, -0.05) is 24.3 Å². The van der Waals surface area contributed by atoms with E-state index in [0.717, 1.165) is 28.4 Å². The molecule has 3 heterocycles. The summed E-state index contributed by atoms with van der Waals surface area (Å²) in [6.07, 6.45) is 0.729. The van der Waals surface area contributed by atoms with Crippen molar-refractivity contribution in [2.24, 2.45) is 5.92 Å². The molecular weight excluding hydrogens is 498 g/mol. The Kier molecular flexibility index (Phi) is 6.83. The molecule has 0 radical (unpaired) electrons. The maximum atomic E-state index is 12.7. The minimum Gasteiger partial charge on any atom is -0.455 e. The van der Waals surface area contributed by atoms with Crippen LogP contribution in [-0.2, 0) is 30.9 Å². The Morgan fingerprint density at radius 1 is 1.03 bits per heavy atom. The van der Waals surface area contributed by atoms with Gasteiger partial charge in [0.25, 0.3) is 15.9 Å². The van der Waals surface area contributed by atoms with E-state index in [1.54, 1.807) is 17.5 Å². The first kappa shape index (κ1) is 24.5. The molecule has 1 amide bonds. The van der Waals surface area contributed by atoms with Crippen molar-refractivity contribution >= 4 is 60.7 Å². The molecule has 0 bridgehead atoms. The molecule has 2 aromatic heterocycles. The largest absolute Gasteiger partial charge is 0.455 e. The lowest BCUT2D eigenvalue weighted by molar-refractivity contribution is -0.152. The third-order valence-electron chi connectivity index (χ3n) is 6.59. The Hall–Kier alpha value is -3.21. The smallest absolute Gasteiger partial charge is 0.309 e. The summed E-state index contributed by atoms with van der Waals surface area (Å²) in [6, 6.07) is 17.2. The number of carbonyl (C=O) groups is 2. The second kappa shape index (κ2) is 10.0. The molecular formula is C26H27N3O5S2. The number of thiophene rings is 1. The quantitative estimate of drug-likeness (QED) is 0.359. The van der Waals surface area contributed by atoms with Gasteiger partial charge < -0.3 is 14.6 Å². The third-order valence-corrected chi connectivity index (χ3v) is 9.87. The summed E-state index contributed by atoms with van der Waals surface area (Å²) in [4.78, 5) is 25.0. The Balaban J connectivity index is 1.17. The second-order valence-corrected chi connectivity index (χ2v) is 11.9. The Bertz CT molecular complexity index is 1520. The van der Waals surface area contributed by atoms with E-state index < -0.39 is 27.8 Å². The number of aryl methyl sites for hydroxylation is 1. The number of nitrogens with zero attached hydrogens (tertiary/aromatic N) is 2. The number of esters is 1. The number of sulfonamides is 1. The van der Waals surface area contributed by atoms with E-state index in [1.165, 1.54) is 15.6 Å². The minimum atomic E-state index is -3.52. The lowest BCUT2D eigenvalue weighted by Gasteiger charge is -2.29. The molecule has 5 rings (SSSR count). The molecule has 1 fully saturated rings. The molecule has 2 aromatic carbocycles. The maximum absolute atomic E-state index is 12.7. The molecule has 1 aliphatic heterocycles. The lowest BCUT2D eigenvalue weighted by atomic mass is 9.98. The zero-order chi connectivity index (χ0) is 25.3. The van der Waals surface area contributed by atoms with Crippen LogP contribution in [0.3, 0.4) is 0 Å². The van der Waals surface area contributed by atoms with Gasteiger partial charge in [0.15, 0.2) is 6.61 Å². The van der Waals surface area contributed by atoms with E-state index in [0.29, 0.717) is 22.7 Å². The molecule has 4 aromatic rings. The van der Waals surface area contributed by atoms with Gasteiger partial charge in [0.2, 0.25) is 0 Å². The van der Waals surface area contributed by atoms with Crippen LogP contribution < -0.4 is 5.32 Å². The highest BCUT2D eigenvalue weighted by molar-refractivity contribution is 7.91. The molecule has 0 spiro atoms. The van der Waals surface area contributed by atoms with E-state index in [9.17, 15) is 18.0 Å². The summed E-state index contributed by atoms with van der Waals surface area (Å²) in [5.74, 6) is -1.32. The maximum Gasteiger partial charge on any atom is 0.309 e. The zero-order valence-electron chi connectivity index (χ0n) is 19.8. The molecule has 36 heavy (non-hydrogen) atoms. The van der Waals surface area contributed by atoms with Crippen molar-refractivity contribution in [1.29, 1.82) is 0 Å². The highest BCUT2D eigenvalue weighted by Crippen LogP contribution is 2.31. The van der Waals surface area contributed by atoms with Crippen LogP contribution in [0.2, 0.25) is 0 Å².